The molecule has 3 N–H and O–H groups in total. The van der Waals surface area contributed by atoms with Crippen LogP contribution in [0.3, 0.4) is 0 Å². The van der Waals surface area contributed by atoms with Gasteiger partial charge in [-0.1, -0.05) is 12.1 Å². The zero-order chi connectivity index (χ0) is 16.2. The van der Waals surface area contributed by atoms with E-state index in [9.17, 15) is 13.2 Å². The van der Waals surface area contributed by atoms with Crippen molar-refractivity contribution in [1.29, 1.82) is 0 Å². The van der Waals surface area contributed by atoms with Gasteiger partial charge < -0.3 is 11.1 Å². The first kappa shape index (κ1) is 19.9. The van der Waals surface area contributed by atoms with Gasteiger partial charge in [0.25, 0.3) is 5.91 Å². The van der Waals surface area contributed by atoms with Crippen molar-refractivity contribution in [2.45, 2.75) is 19.4 Å². The molecule has 130 valence electrons. The predicted molar refractivity (Wildman–Crippen MR) is 93.1 cm³/mol. The Kier molecular flexibility index (Phi) is 7.47. The second-order valence-corrected chi connectivity index (χ2v) is 7.70. The molecule has 0 spiro atoms. The van der Waals surface area contributed by atoms with Crippen LogP contribution in [0.1, 0.15) is 28.8 Å². The van der Waals surface area contributed by atoms with E-state index in [2.05, 4.69) is 5.32 Å². The summed E-state index contributed by atoms with van der Waals surface area (Å²) in [6.45, 7) is 2.10. The number of amides is 1. The van der Waals surface area contributed by atoms with Gasteiger partial charge in [-0.2, -0.15) is 0 Å². The fraction of sp³-hybridized carbons (Fsp3) is 0.533. The minimum atomic E-state index is -3.09. The SMILES string of the molecule is CS(=O)(=O)N1CCC(CNC(=O)c2ccc(CN)cc2)CC1.Cl. The minimum Gasteiger partial charge on any atom is -0.352 e. The number of nitrogens with zero attached hydrogens (tertiary/aromatic N) is 1. The number of nitrogens with two attached hydrogens (primary N) is 1. The molecule has 0 bridgehead atoms. The average Bonchev–Trinajstić information content (AvgIpc) is 2.52. The number of hydrogen-bond donors (Lipinski definition) is 2. The highest BCUT2D eigenvalue weighted by Crippen LogP contribution is 2.18. The van der Waals surface area contributed by atoms with E-state index in [0.29, 0.717) is 37.7 Å². The summed E-state index contributed by atoms with van der Waals surface area (Å²) in [5.41, 5.74) is 7.13. The summed E-state index contributed by atoms with van der Waals surface area (Å²) in [7, 11) is -3.09. The molecule has 1 saturated heterocycles. The molecule has 0 atom stereocenters. The smallest absolute Gasteiger partial charge is 0.251 e. The molecule has 6 nitrogen and oxygen atoms in total. The van der Waals surface area contributed by atoms with Gasteiger partial charge in [0.1, 0.15) is 0 Å². The quantitative estimate of drug-likeness (QED) is 0.817. The van der Waals surface area contributed by atoms with E-state index in [0.717, 1.165) is 18.4 Å². The van der Waals surface area contributed by atoms with Gasteiger partial charge in [0, 0.05) is 31.7 Å². The summed E-state index contributed by atoms with van der Waals surface area (Å²) in [4.78, 5) is 12.1. The topological polar surface area (TPSA) is 92.5 Å². The maximum Gasteiger partial charge on any atom is 0.251 e. The molecule has 0 radical (unpaired) electrons. The minimum absolute atomic E-state index is 0. The van der Waals surface area contributed by atoms with Gasteiger partial charge >= 0.3 is 0 Å². The molecule has 1 aliphatic heterocycles. The fourth-order valence-corrected chi connectivity index (χ4v) is 3.45. The Bertz CT molecular complexity index is 611. The van der Waals surface area contributed by atoms with Gasteiger partial charge in [-0.25, -0.2) is 12.7 Å². The number of hydrogen-bond acceptors (Lipinski definition) is 4. The first-order valence-corrected chi connectivity index (χ1v) is 9.27. The highest BCUT2D eigenvalue weighted by molar-refractivity contribution is 7.88. The molecule has 1 aromatic rings. The maximum atomic E-state index is 12.1. The second-order valence-electron chi connectivity index (χ2n) is 5.72. The van der Waals surface area contributed by atoms with Crippen molar-refractivity contribution in [2.75, 3.05) is 25.9 Å². The Morgan fingerprint density at radius 2 is 1.83 bits per heavy atom. The summed E-state index contributed by atoms with van der Waals surface area (Å²) < 4.78 is 24.4. The highest BCUT2D eigenvalue weighted by atomic mass is 35.5. The lowest BCUT2D eigenvalue weighted by Gasteiger charge is -2.30. The molecule has 1 fully saturated rings. The number of piperidine rings is 1. The van der Waals surface area contributed by atoms with Crippen LogP contribution in [-0.2, 0) is 16.6 Å². The lowest BCUT2D eigenvalue weighted by molar-refractivity contribution is 0.0941. The number of halogens is 1. The van der Waals surface area contributed by atoms with Gasteiger partial charge in [-0.3, -0.25) is 4.79 Å². The van der Waals surface area contributed by atoms with E-state index in [1.807, 2.05) is 12.1 Å². The molecule has 1 aromatic carbocycles. The third-order valence-electron chi connectivity index (χ3n) is 4.05. The van der Waals surface area contributed by atoms with E-state index < -0.39 is 10.0 Å². The van der Waals surface area contributed by atoms with Crippen molar-refractivity contribution in [2.24, 2.45) is 11.7 Å². The van der Waals surface area contributed by atoms with Crippen LogP contribution in [0.15, 0.2) is 24.3 Å². The Morgan fingerprint density at radius 3 is 2.30 bits per heavy atom. The van der Waals surface area contributed by atoms with Crippen LogP contribution in [0.25, 0.3) is 0 Å². The number of carbonyl (C=O) groups is 1. The Balaban J connectivity index is 0.00000264. The normalized spacial score (nSPS) is 16.6. The zero-order valence-electron chi connectivity index (χ0n) is 13.2. The molecule has 1 amide bonds. The fourth-order valence-electron chi connectivity index (χ4n) is 2.58. The average molecular weight is 362 g/mol. The van der Waals surface area contributed by atoms with Gasteiger partial charge in [-0.15, -0.1) is 12.4 Å². The monoisotopic (exact) mass is 361 g/mol. The van der Waals surface area contributed by atoms with Gasteiger partial charge in [0.05, 0.1) is 6.26 Å². The van der Waals surface area contributed by atoms with Crippen LogP contribution >= 0.6 is 12.4 Å². The van der Waals surface area contributed by atoms with E-state index in [1.165, 1.54) is 10.6 Å². The van der Waals surface area contributed by atoms with Crippen molar-refractivity contribution < 1.29 is 13.2 Å². The molecule has 1 aliphatic rings. The van der Waals surface area contributed by atoms with Crippen molar-refractivity contribution >= 4 is 28.3 Å². The van der Waals surface area contributed by atoms with Crippen molar-refractivity contribution in [3.8, 4) is 0 Å². The van der Waals surface area contributed by atoms with Crippen LogP contribution in [0.5, 0.6) is 0 Å². The van der Waals surface area contributed by atoms with Crippen LogP contribution < -0.4 is 11.1 Å². The maximum absolute atomic E-state index is 12.1. The number of rotatable bonds is 5. The summed E-state index contributed by atoms with van der Waals surface area (Å²) >= 11 is 0. The molecule has 0 unspecified atom stereocenters. The largest absolute Gasteiger partial charge is 0.352 e. The predicted octanol–water partition coefficient (Wildman–Crippen LogP) is 0.968. The molecule has 23 heavy (non-hydrogen) atoms. The first-order valence-electron chi connectivity index (χ1n) is 7.42. The molecule has 0 aliphatic carbocycles. The highest BCUT2D eigenvalue weighted by Gasteiger charge is 2.25. The molecule has 0 saturated carbocycles. The molecular formula is C15H24ClN3O3S. The number of benzene rings is 1. The van der Waals surface area contributed by atoms with E-state index in [-0.39, 0.29) is 18.3 Å². The molecule has 2 rings (SSSR count). The zero-order valence-corrected chi connectivity index (χ0v) is 14.8. The van der Waals surface area contributed by atoms with Gasteiger partial charge in [-0.05, 0) is 36.5 Å². The molecule has 1 heterocycles. The third kappa shape index (κ3) is 5.76. The van der Waals surface area contributed by atoms with Crippen LogP contribution in [0.4, 0.5) is 0 Å². The Hall–Kier alpha value is -1.15. The molecule has 0 aromatic heterocycles. The van der Waals surface area contributed by atoms with Crippen LogP contribution in [0.2, 0.25) is 0 Å². The summed E-state index contributed by atoms with van der Waals surface area (Å²) in [5, 5.41) is 2.92. The van der Waals surface area contributed by atoms with E-state index in [4.69, 9.17) is 5.73 Å². The lowest BCUT2D eigenvalue weighted by atomic mass is 9.98. The van der Waals surface area contributed by atoms with Crippen molar-refractivity contribution in [1.82, 2.24) is 9.62 Å². The first-order chi connectivity index (χ1) is 10.4. The summed E-state index contributed by atoms with van der Waals surface area (Å²) in [5.74, 6) is 0.222. The lowest BCUT2D eigenvalue weighted by Crippen LogP contribution is -2.41. The number of nitrogens with one attached hydrogen (secondary N) is 1. The van der Waals surface area contributed by atoms with Crippen molar-refractivity contribution in [3.63, 3.8) is 0 Å². The van der Waals surface area contributed by atoms with E-state index >= 15 is 0 Å². The van der Waals surface area contributed by atoms with E-state index in [1.54, 1.807) is 12.1 Å². The number of sulfonamides is 1. The Morgan fingerprint density at radius 1 is 1.26 bits per heavy atom. The standard InChI is InChI=1S/C15H23N3O3S.ClH/c1-22(20,21)18-8-6-13(7-9-18)11-17-15(19)14-4-2-12(10-16)3-5-14;/h2-5,13H,6-11,16H2,1H3,(H,17,19);1H. The van der Waals surface area contributed by atoms with Crippen molar-refractivity contribution in [3.05, 3.63) is 35.4 Å². The summed E-state index contributed by atoms with van der Waals surface area (Å²) in [6, 6.07) is 7.23. The van der Waals surface area contributed by atoms with Crippen LogP contribution in [-0.4, -0.2) is 44.5 Å². The Labute approximate surface area is 143 Å². The van der Waals surface area contributed by atoms with Crippen LogP contribution in [0, 0.1) is 5.92 Å². The summed E-state index contributed by atoms with van der Waals surface area (Å²) in [6.07, 6.45) is 2.79. The second kappa shape index (κ2) is 8.63. The molecular weight excluding hydrogens is 338 g/mol. The van der Waals surface area contributed by atoms with Gasteiger partial charge in [0.15, 0.2) is 0 Å². The molecule has 8 heteroatoms. The third-order valence-corrected chi connectivity index (χ3v) is 5.35. The number of carbonyl (C=O) groups excluding carboxylic acids is 1. The van der Waals surface area contributed by atoms with Gasteiger partial charge in [0.2, 0.25) is 10.0 Å².